The highest BCUT2D eigenvalue weighted by atomic mass is 19.1. The minimum atomic E-state index is -0.286. The van der Waals surface area contributed by atoms with Crippen LogP contribution in [0.2, 0.25) is 0 Å². The summed E-state index contributed by atoms with van der Waals surface area (Å²) in [7, 11) is 1.60. The van der Waals surface area contributed by atoms with Gasteiger partial charge in [0.15, 0.2) is 0 Å². The molecule has 21 heavy (non-hydrogen) atoms. The van der Waals surface area contributed by atoms with E-state index >= 15 is 0 Å². The van der Waals surface area contributed by atoms with Crippen molar-refractivity contribution < 1.29 is 13.9 Å². The molecule has 0 aliphatic heterocycles. The Morgan fingerprint density at radius 1 is 1.10 bits per heavy atom. The maximum atomic E-state index is 12.7. The first kappa shape index (κ1) is 14.8. The fraction of sp³-hybridized carbons (Fsp3) is 0.188. The van der Waals surface area contributed by atoms with Gasteiger partial charge in [0.2, 0.25) is 5.91 Å². The van der Waals surface area contributed by atoms with E-state index in [2.05, 4.69) is 10.6 Å². The Labute approximate surface area is 122 Å². The van der Waals surface area contributed by atoms with Crippen LogP contribution in [-0.2, 0) is 11.3 Å². The second-order valence-corrected chi connectivity index (χ2v) is 4.49. The molecule has 0 fully saturated rings. The Morgan fingerprint density at radius 3 is 2.38 bits per heavy atom. The van der Waals surface area contributed by atoms with Crippen LogP contribution in [0.4, 0.5) is 10.1 Å². The standard InChI is InChI=1S/C16H17FN2O2/c1-21-15-8-6-14(7-9-15)18-11-16(20)19-10-12-2-4-13(17)5-3-12/h2-9,18H,10-11H2,1H3,(H,19,20). The Morgan fingerprint density at radius 2 is 1.76 bits per heavy atom. The zero-order valence-corrected chi connectivity index (χ0v) is 11.7. The summed E-state index contributed by atoms with van der Waals surface area (Å²) in [5.41, 5.74) is 1.70. The van der Waals surface area contributed by atoms with Crippen molar-refractivity contribution in [1.82, 2.24) is 5.32 Å². The van der Waals surface area contributed by atoms with Crippen LogP contribution in [0.25, 0.3) is 0 Å². The molecule has 0 atom stereocenters. The summed E-state index contributed by atoms with van der Waals surface area (Å²) >= 11 is 0. The van der Waals surface area contributed by atoms with Crippen LogP contribution >= 0.6 is 0 Å². The summed E-state index contributed by atoms with van der Waals surface area (Å²) in [6.07, 6.45) is 0. The number of nitrogens with one attached hydrogen (secondary N) is 2. The van der Waals surface area contributed by atoms with E-state index in [0.717, 1.165) is 17.0 Å². The highest BCUT2D eigenvalue weighted by Gasteiger charge is 2.02. The molecule has 0 aliphatic carbocycles. The summed E-state index contributed by atoms with van der Waals surface area (Å²) in [6.45, 7) is 0.553. The van der Waals surface area contributed by atoms with E-state index in [-0.39, 0.29) is 18.3 Å². The third-order valence-electron chi connectivity index (χ3n) is 2.95. The van der Waals surface area contributed by atoms with Crippen molar-refractivity contribution in [2.75, 3.05) is 19.0 Å². The highest BCUT2D eigenvalue weighted by Crippen LogP contribution is 2.14. The third-order valence-corrected chi connectivity index (χ3v) is 2.95. The Balaban J connectivity index is 1.75. The van der Waals surface area contributed by atoms with Gasteiger partial charge in [-0.15, -0.1) is 0 Å². The lowest BCUT2D eigenvalue weighted by atomic mass is 10.2. The van der Waals surface area contributed by atoms with Gasteiger partial charge in [-0.05, 0) is 42.0 Å². The maximum Gasteiger partial charge on any atom is 0.239 e. The van der Waals surface area contributed by atoms with Gasteiger partial charge >= 0.3 is 0 Å². The van der Waals surface area contributed by atoms with Crippen LogP contribution in [0.15, 0.2) is 48.5 Å². The number of rotatable bonds is 6. The summed E-state index contributed by atoms with van der Waals surface area (Å²) in [4.78, 5) is 11.7. The van der Waals surface area contributed by atoms with Crippen LogP contribution in [-0.4, -0.2) is 19.6 Å². The molecule has 2 aromatic rings. The molecule has 0 unspecified atom stereocenters. The first-order chi connectivity index (χ1) is 10.2. The molecule has 0 saturated carbocycles. The number of hydrogen-bond acceptors (Lipinski definition) is 3. The van der Waals surface area contributed by atoms with E-state index in [4.69, 9.17) is 4.74 Å². The first-order valence-corrected chi connectivity index (χ1v) is 6.56. The molecule has 0 aliphatic rings. The van der Waals surface area contributed by atoms with Gasteiger partial charge in [0.05, 0.1) is 13.7 Å². The average Bonchev–Trinajstić information content (AvgIpc) is 2.53. The van der Waals surface area contributed by atoms with Gasteiger partial charge in [0.1, 0.15) is 11.6 Å². The maximum absolute atomic E-state index is 12.7. The second kappa shape index (κ2) is 7.28. The van der Waals surface area contributed by atoms with Crippen molar-refractivity contribution >= 4 is 11.6 Å². The van der Waals surface area contributed by atoms with Crippen molar-refractivity contribution in [1.29, 1.82) is 0 Å². The first-order valence-electron chi connectivity index (χ1n) is 6.56. The van der Waals surface area contributed by atoms with E-state index < -0.39 is 0 Å². The van der Waals surface area contributed by atoms with Gasteiger partial charge < -0.3 is 15.4 Å². The van der Waals surface area contributed by atoms with Gasteiger partial charge in [-0.1, -0.05) is 12.1 Å². The van der Waals surface area contributed by atoms with E-state index in [0.29, 0.717) is 6.54 Å². The van der Waals surface area contributed by atoms with Gasteiger partial charge in [0.25, 0.3) is 0 Å². The number of anilines is 1. The number of methoxy groups -OCH3 is 1. The van der Waals surface area contributed by atoms with Crippen molar-refractivity contribution in [3.63, 3.8) is 0 Å². The molecule has 0 saturated heterocycles. The van der Waals surface area contributed by atoms with Gasteiger partial charge in [0, 0.05) is 12.2 Å². The zero-order valence-electron chi connectivity index (χ0n) is 11.7. The summed E-state index contributed by atoms with van der Waals surface area (Å²) in [5.74, 6) is 0.350. The highest BCUT2D eigenvalue weighted by molar-refractivity contribution is 5.80. The molecular weight excluding hydrogens is 271 g/mol. The number of halogens is 1. The van der Waals surface area contributed by atoms with E-state index in [1.54, 1.807) is 19.2 Å². The lowest BCUT2D eigenvalue weighted by molar-refractivity contribution is -0.119. The van der Waals surface area contributed by atoms with Gasteiger partial charge in [-0.2, -0.15) is 0 Å². The monoisotopic (exact) mass is 288 g/mol. The minimum Gasteiger partial charge on any atom is -0.497 e. The van der Waals surface area contributed by atoms with Crippen LogP contribution in [0.5, 0.6) is 5.75 Å². The molecule has 1 amide bonds. The summed E-state index contributed by atoms with van der Waals surface area (Å²) < 4.78 is 17.8. The molecule has 4 nitrogen and oxygen atoms in total. The number of carbonyl (C=O) groups is 1. The summed E-state index contributed by atoms with van der Waals surface area (Å²) in [6, 6.07) is 13.4. The fourth-order valence-corrected chi connectivity index (χ4v) is 1.76. The molecule has 2 rings (SSSR count). The molecule has 0 heterocycles. The molecule has 0 radical (unpaired) electrons. The minimum absolute atomic E-state index is 0.129. The zero-order chi connectivity index (χ0) is 15.1. The van der Waals surface area contributed by atoms with Crippen molar-refractivity contribution in [2.45, 2.75) is 6.54 Å². The molecule has 0 aromatic heterocycles. The lowest BCUT2D eigenvalue weighted by Crippen LogP contribution is -2.29. The van der Waals surface area contributed by atoms with Gasteiger partial charge in [-0.25, -0.2) is 4.39 Å². The molecule has 2 N–H and O–H groups in total. The van der Waals surface area contributed by atoms with Crippen LogP contribution in [0.3, 0.4) is 0 Å². The topological polar surface area (TPSA) is 50.4 Å². The molecule has 0 spiro atoms. The Bertz CT molecular complexity index is 582. The number of benzene rings is 2. The third kappa shape index (κ3) is 4.80. The van der Waals surface area contributed by atoms with Crippen LogP contribution in [0, 0.1) is 5.82 Å². The normalized spacial score (nSPS) is 10.0. The largest absolute Gasteiger partial charge is 0.497 e. The molecular formula is C16H17FN2O2. The van der Waals surface area contributed by atoms with Crippen molar-refractivity contribution in [3.8, 4) is 5.75 Å². The Kier molecular flexibility index (Phi) is 5.15. The van der Waals surface area contributed by atoms with Crippen LogP contribution < -0.4 is 15.4 Å². The quantitative estimate of drug-likeness (QED) is 0.859. The van der Waals surface area contributed by atoms with Crippen LogP contribution in [0.1, 0.15) is 5.56 Å². The number of hydrogen-bond donors (Lipinski definition) is 2. The van der Waals surface area contributed by atoms with E-state index in [1.165, 1.54) is 12.1 Å². The summed E-state index contributed by atoms with van der Waals surface area (Å²) in [5, 5.41) is 5.78. The second-order valence-electron chi connectivity index (χ2n) is 4.49. The number of amides is 1. The van der Waals surface area contributed by atoms with Crippen molar-refractivity contribution in [2.24, 2.45) is 0 Å². The molecule has 2 aromatic carbocycles. The number of carbonyl (C=O) groups excluding carboxylic acids is 1. The van der Waals surface area contributed by atoms with E-state index in [9.17, 15) is 9.18 Å². The lowest BCUT2D eigenvalue weighted by Gasteiger charge is -2.08. The average molecular weight is 288 g/mol. The van der Waals surface area contributed by atoms with Crippen molar-refractivity contribution in [3.05, 3.63) is 59.9 Å². The fourth-order valence-electron chi connectivity index (χ4n) is 1.76. The molecule has 0 bridgehead atoms. The SMILES string of the molecule is COc1ccc(NCC(=O)NCc2ccc(F)cc2)cc1. The number of ether oxygens (including phenoxy) is 1. The molecule has 110 valence electrons. The smallest absolute Gasteiger partial charge is 0.239 e. The molecule has 5 heteroatoms. The predicted molar refractivity (Wildman–Crippen MR) is 79.7 cm³/mol. The van der Waals surface area contributed by atoms with E-state index in [1.807, 2.05) is 24.3 Å². The Hall–Kier alpha value is -2.56. The predicted octanol–water partition coefficient (Wildman–Crippen LogP) is 2.56. The van der Waals surface area contributed by atoms with Gasteiger partial charge in [-0.3, -0.25) is 4.79 Å².